The standard InChI is InChI=1S/C16H19FN2/c1-2-10-18-16(15-5-3-4-11-19-15)12-13-6-8-14(17)9-7-13/h3-9,11,16,18H,2,10,12H2,1H3. The number of nitrogens with one attached hydrogen (secondary N) is 1. The van der Waals surface area contributed by atoms with Gasteiger partial charge in [0.1, 0.15) is 5.82 Å². The van der Waals surface area contributed by atoms with Crippen LogP contribution in [0.2, 0.25) is 0 Å². The molecule has 2 aromatic rings. The van der Waals surface area contributed by atoms with Crippen LogP contribution < -0.4 is 5.32 Å². The third kappa shape index (κ3) is 4.14. The summed E-state index contributed by atoms with van der Waals surface area (Å²) in [6, 6.07) is 12.8. The minimum atomic E-state index is -0.195. The van der Waals surface area contributed by atoms with Crippen molar-refractivity contribution in [1.82, 2.24) is 10.3 Å². The van der Waals surface area contributed by atoms with Crippen LogP contribution in [0.25, 0.3) is 0 Å². The monoisotopic (exact) mass is 258 g/mol. The first-order chi connectivity index (χ1) is 9.29. The maximum atomic E-state index is 12.9. The third-order valence-electron chi connectivity index (χ3n) is 3.04. The highest BCUT2D eigenvalue weighted by molar-refractivity contribution is 5.20. The molecule has 2 nitrogen and oxygen atoms in total. The highest BCUT2D eigenvalue weighted by Crippen LogP contribution is 2.16. The van der Waals surface area contributed by atoms with Gasteiger partial charge in [0.25, 0.3) is 0 Å². The molecule has 1 heterocycles. The first-order valence-corrected chi connectivity index (χ1v) is 6.68. The molecule has 0 saturated heterocycles. The van der Waals surface area contributed by atoms with Gasteiger partial charge in [0.05, 0.1) is 11.7 Å². The van der Waals surface area contributed by atoms with Gasteiger partial charge in [-0.25, -0.2) is 4.39 Å². The molecule has 0 bridgehead atoms. The Bertz CT molecular complexity index is 482. The molecule has 3 heteroatoms. The molecule has 1 N–H and O–H groups in total. The summed E-state index contributed by atoms with van der Waals surface area (Å²) in [5.74, 6) is -0.195. The smallest absolute Gasteiger partial charge is 0.123 e. The second-order valence-corrected chi connectivity index (χ2v) is 4.59. The van der Waals surface area contributed by atoms with Gasteiger partial charge in [-0.15, -0.1) is 0 Å². The highest BCUT2D eigenvalue weighted by Gasteiger charge is 2.12. The molecule has 0 radical (unpaired) electrons. The van der Waals surface area contributed by atoms with Crippen molar-refractivity contribution in [2.45, 2.75) is 25.8 Å². The van der Waals surface area contributed by atoms with E-state index in [0.29, 0.717) is 0 Å². The van der Waals surface area contributed by atoms with Crippen LogP contribution in [0, 0.1) is 5.82 Å². The largest absolute Gasteiger partial charge is 0.308 e. The molecule has 1 unspecified atom stereocenters. The van der Waals surface area contributed by atoms with Gasteiger partial charge in [0.2, 0.25) is 0 Å². The van der Waals surface area contributed by atoms with E-state index in [4.69, 9.17) is 0 Å². The molecule has 100 valence electrons. The highest BCUT2D eigenvalue weighted by atomic mass is 19.1. The lowest BCUT2D eigenvalue weighted by molar-refractivity contribution is 0.517. The number of pyridine rings is 1. The predicted octanol–water partition coefficient (Wildman–Crippen LogP) is 3.50. The SMILES string of the molecule is CCCNC(Cc1ccc(F)cc1)c1ccccn1. The van der Waals surface area contributed by atoms with Gasteiger partial charge in [-0.1, -0.05) is 25.1 Å². The van der Waals surface area contributed by atoms with Crippen molar-refractivity contribution in [1.29, 1.82) is 0 Å². The summed E-state index contributed by atoms with van der Waals surface area (Å²) in [4.78, 5) is 4.41. The van der Waals surface area contributed by atoms with Crippen molar-refractivity contribution in [2.75, 3.05) is 6.54 Å². The molecule has 0 fully saturated rings. The first kappa shape index (κ1) is 13.7. The second-order valence-electron chi connectivity index (χ2n) is 4.59. The van der Waals surface area contributed by atoms with Gasteiger partial charge in [0, 0.05) is 6.20 Å². The molecule has 1 aromatic carbocycles. The zero-order valence-corrected chi connectivity index (χ0v) is 11.1. The lowest BCUT2D eigenvalue weighted by Gasteiger charge is -2.18. The molecule has 0 amide bonds. The number of aromatic nitrogens is 1. The predicted molar refractivity (Wildman–Crippen MR) is 75.4 cm³/mol. The van der Waals surface area contributed by atoms with Crippen LogP contribution in [-0.2, 0) is 6.42 Å². The van der Waals surface area contributed by atoms with Crippen molar-refractivity contribution in [3.63, 3.8) is 0 Å². The fourth-order valence-electron chi connectivity index (χ4n) is 2.04. The zero-order chi connectivity index (χ0) is 13.5. The molecule has 0 aliphatic carbocycles. The summed E-state index contributed by atoms with van der Waals surface area (Å²) >= 11 is 0. The third-order valence-corrected chi connectivity index (χ3v) is 3.04. The molecular weight excluding hydrogens is 239 g/mol. The Hall–Kier alpha value is -1.74. The summed E-state index contributed by atoms with van der Waals surface area (Å²) in [6.07, 6.45) is 3.70. The van der Waals surface area contributed by atoms with E-state index in [9.17, 15) is 4.39 Å². The number of rotatable bonds is 6. The molecule has 1 aromatic heterocycles. The molecule has 19 heavy (non-hydrogen) atoms. The minimum absolute atomic E-state index is 0.173. The van der Waals surface area contributed by atoms with Crippen molar-refractivity contribution < 1.29 is 4.39 Å². The van der Waals surface area contributed by atoms with Crippen LogP contribution in [0.15, 0.2) is 48.7 Å². The molecule has 2 rings (SSSR count). The van der Waals surface area contributed by atoms with E-state index in [1.807, 2.05) is 30.3 Å². The first-order valence-electron chi connectivity index (χ1n) is 6.68. The Morgan fingerprint density at radius 3 is 2.58 bits per heavy atom. The summed E-state index contributed by atoms with van der Waals surface area (Å²) in [5.41, 5.74) is 2.14. The minimum Gasteiger partial charge on any atom is -0.308 e. The Kier molecular flexibility index (Phi) is 5.04. The summed E-state index contributed by atoms with van der Waals surface area (Å²) < 4.78 is 12.9. The van der Waals surface area contributed by atoms with Crippen molar-refractivity contribution in [3.05, 3.63) is 65.7 Å². The summed E-state index contributed by atoms with van der Waals surface area (Å²) in [6.45, 7) is 3.09. The van der Waals surface area contributed by atoms with Crippen LogP contribution >= 0.6 is 0 Å². The molecular formula is C16H19FN2. The van der Waals surface area contributed by atoms with Crippen LogP contribution in [0.1, 0.15) is 30.6 Å². The number of nitrogens with zero attached hydrogens (tertiary/aromatic N) is 1. The van der Waals surface area contributed by atoms with E-state index in [-0.39, 0.29) is 11.9 Å². The van der Waals surface area contributed by atoms with Gasteiger partial charge >= 0.3 is 0 Å². The van der Waals surface area contributed by atoms with Gasteiger partial charge < -0.3 is 5.32 Å². The van der Waals surface area contributed by atoms with Gasteiger partial charge in [0.15, 0.2) is 0 Å². The van der Waals surface area contributed by atoms with Crippen molar-refractivity contribution >= 4 is 0 Å². The Morgan fingerprint density at radius 2 is 1.95 bits per heavy atom. The lowest BCUT2D eigenvalue weighted by atomic mass is 10.0. The fourth-order valence-corrected chi connectivity index (χ4v) is 2.04. The molecule has 0 aliphatic rings. The van der Waals surface area contributed by atoms with E-state index < -0.39 is 0 Å². The fraction of sp³-hybridized carbons (Fsp3) is 0.312. The summed E-state index contributed by atoms with van der Waals surface area (Å²) in [7, 11) is 0. The van der Waals surface area contributed by atoms with Crippen LogP contribution in [0.4, 0.5) is 4.39 Å². The van der Waals surface area contributed by atoms with Crippen LogP contribution in [0.3, 0.4) is 0 Å². The number of halogens is 1. The Morgan fingerprint density at radius 1 is 1.16 bits per heavy atom. The van der Waals surface area contributed by atoms with E-state index >= 15 is 0 Å². The zero-order valence-electron chi connectivity index (χ0n) is 11.1. The van der Waals surface area contributed by atoms with Crippen LogP contribution in [0.5, 0.6) is 0 Å². The number of hydrogen-bond donors (Lipinski definition) is 1. The average molecular weight is 258 g/mol. The Labute approximate surface area is 113 Å². The normalized spacial score (nSPS) is 12.3. The van der Waals surface area contributed by atoms with E-state index in [0.717, 1.165) is 30.6 Å². The van der Waals surface area contributed by atoms with Gasteiger partial charge in [-0.2, -0.15) is 0 Å². The molecule has 0 spiro atoms. The second kappa shape index (κ2) is 7.00. The van der Waals surface area contributed by atoms with E-state index in [1.54, 1.807) is 6.20 Å². The molecule has 1 atom stereocenters. The molecule has 0 saturated carbocycles. The van der Waals surface area contributed by atoms with E-state index in [2.05, 4.69) is 17.2 Å². The maximum absolute atomic E-state index is 12.9. The van der Waals surface area contributed by atoms with Gasteiger partial charge in [-0.05, 0) is 49.2 Å². The lowest BCUT2D eigenvalue weighted by Crippen LogP contribution is -2.24. The number of benzene rings is 1. The maximum Gasteiger partial charge on any atom is 0.123 e. The average Bonchev–Trinajstić information content (AvgIpc) is 2.46. The van der Waals surface area contributed by atoms with Crippen molar-refractivity contribution in [3.8, 4) is 0 Å². The summed E-state index contributed by atoms with van der Waals surface area (Å²) in [5, 5.41) is 3.49. The quantitative estimate of drug-likeness (QED) is 0.857. The van der Waals surface area contributed by atoms with Crippen LogP contribution in [-0.4, -0.2) is 11.5 Å². The van der Waals surface area contributed by atoms with Crippen molar-refractivity contribution in [2.24, 2.45) is 0 Å². The topological polar surface area (TPSA) is 24.9 Å². The molecule has 0 aliphatic heterocycles. The van der Waals surface area contributed by atoms with E-state index in [1.165, 1.54) is 12.1 Å². The van der Waals surface area contributed by atoms with Gasteiger partial charge in [-0.3, -0.25) is 4.98 Å². The Balaban J connectivity index is 2.11. The number of hydrogen-bond acceptors (Lipinski definition) is 2.